The van der Waals surface area contributed by atoms with Gasteiger partial charge in [-0.05, 0) is 19.4 Å². The highest BCUT2D eigenvalue weighted by Gasteiger charge is 2.47. The molecule has 0 aliphatic heterocycles. The minimum absolute atomic E-state index is 0.0844. The van der Waals surface area contributed by atoms with Gasteiger partial charge >= 0.3 is 0 Å². The Hall–Kier alpha value is -1.62. The van der Waals surface area contributed by atoms with E-state index in [1.54, 1.807) is 4.68 Å². The molecule has 1 saturated carbocycles. The zero-order chi connectivity index (χ0) is 13.8. The largest absolute Gasteiger partial charge is 0.392 e. The van der Waals surface area contributed by atoms with Gasteiger partial charge in [-0.15, -0.1) is 0 Å². The molecule has 0 saturated heterocycles. The zero-order valence-electron chi connectivity index (χ0n) is 11.8. The fraction of sp³-hybridized carbons (Fsp3) is 0.571. The molecule has 5 nitrogen and oxygen atoms in total. The molecule has 102 valence electrons. The minimum Gasteiger partial charge on any atom is -0.392 e. The first-order valence-electron chi connectivity index (χ1n) is 6.63. The number of hydrogen-bond acceptors (Lipinski definition) is 4. The van der Waals surface area contributed by atoms with Gasteiger partial charge in [-0.25, -0.2) is 4.98 Å². The predicted octanol–water partition coefficient (Wildman–Crippen LogP) is 1.85. The smallest absolute Gasteiger partial charge is 0.157 e. The highest BCUT2D eigenvalue weighted by atomic mass is 16.3. The summed E-state index contributed by atoms with van der Waals surface area (Å²) >= 11 is 0. The van der Waals surface area contributed by atoms with Crippen molar-refractivity contribution in [2.45, 2.75) is 39.3 Å². The summed E-state index contributed by atoms with van der Waals surface area (Å²) in [5.74, 6) is 0. The van der Waals surface area contributed by atoms with E-state index in [4.69, 9.17) is 0 Å². The molecule has 0 amide bonds. The molecule has 1 aliphatic rings. The Morgan fingerprint density at radius 3 is 2.84 bits per heavy atom. The molecule has 0 spiro atoms. The van der Waals surface area contributed by atoms with Crippen molar-refractivity contribution in [1.82, 2.24) is 14.8 Å². The van der Waals surface area contributed by atoms with E-state index in [-0.39, 0.29) is 11.5 Å². The molecule has 2 aromatic rings. The van der Waals surface area contributed by atoms with E-state index in [1.807, 2.05) is 20.2 Å². The van der Waals surface area contributed by atoms with E-state index in [1.165, 1.54) is 0 Å². The number of aromatic nitrogens is 3. The van der Waals surface area contributed by atoms with Gasteiger partial charge in [0, 0.05) is 23.9 Å². The van der Waals surface area contributed by atoms with Crippen molar-refractivity contribution in [3.05, 3.63) is 18.0 Å². The second-order valence-electron chi connectivity index (χ2n) is 6.07. The second-order valence-corrected chi connectivity index (χ2v) is 6.07. The van der Waals surface area contributed by atoms with E-state index in [9.17, 15) is 5.11 Å². The Kier molecular flexibility index (Phi) is 2.57. The molecule has 2 unspecified atom stereocenters. The monoisotopic (exact) mass is 260 g/mol. The summed E-state index contributed by atoms with van der Waals surface area (Å²) in [5.41, 5.74) is 2.80. The van der Waals surface area contributed by atoms with Gasteiger partial charge in [0.2, 0.25) is 0 Å². The molecule has 1 aliphatic carbocycles. The lowest BCUT2D eigenvalue weighted by molar-refractivity contribution is -0.0510. The van der Waals surface area contributed by atoms with E-state index in [0.717, 1.165) is 28.8 Å². The van der Waals surface area contributed by atoms with Crippen molar-refractivity contribution < 1.29 is 5.11 Å². The third kappa shape index (κ3) is 1.80. The topological polar surface area (TPSA) is 63.0 Å². The number of aliphatic hydroxyl groups excluding tert-OH is 1. The number of hydrogen-bond donors (Lipinski definition) is 2. The lowest BCUT2D eigenvalue weighted by Gasteiger charge is -2.49. The number of fused-ring (bicyclic) bond motifs is 1. The van der Waals surface area contributed by atoms with Crippen molar-refractivity contribution in [1.29, 1.82) is 0 Å². The lowest BCUT2D eigenvalue weighted by atomic mass is 9.64. The minimum atomic E-state index is -0.221. The normalized spacial score (nSPS) is 25.3. The Labute approximate surface area is 112 Å². The molecule has 0 aromatic carbocycles. The highest BCUT2D eigenvalue weighted by molar-refractivity contribution is 5.81. The Morgan fingerprint density at radius 2 is 2.21 bits per heavy atom. The number of aryl methyl sites for hydroxylation is 2. The number of rotatable bonds is 2. The van der Waals surface area contributed by atoms with Crippen LogP contribution in [-0.2, 0) is 7.05 Å². The summed E-state index contributed by atoms with van der Waals surface area (Å²) in [6, 6.07) is 2.38. The molecular formula is C14H20N4O. The van der Waals surface area contributed by atoms with Gasteiger partial charge in [0.05, 0.1) is 23.7 Å². The fourth-order valence-corrected chi connectivity index (χ4v) is 2.74. The quantitative estimate of drug-likeness (QED) is 0.865. The third-order valence-corrected chi connectivity index (χ3v) is 4.42. The van der Waals surface area contributed by atoms with Crippen LogP contribution in [0.2, 0.25) is 0 Å². The number of aliphatic hydroxyl groups is 1. The third-order valence-electron chi connectivity index (χ3n) is 4.42. The number of pyridine rings is 1. The van der Waals surface area contributed by atoms with Crippen LogP contribution >= 0.6 is 0 Å². The fourth-order valence-electron chi connectivity index (χ4n) is 2.74. The van der Waals surface area contributed by atoms with Crippen molar-refractivity contribution in [3.63, 3.8) is 0 Å². The second kappa shape index (κ2) is 3.93. The molecule has 2 N–H and O–H groups in total. The molecule has 2 heterocycles. The molecule has 3 rings (SSSR count). The summed E-state index contributed by atoms with van der Waals surface area (Å²) in [4.78, 5) is 4.46. The van der Waals surface area contributed by atoms with Gasteiger partial charge in [0.1, 0.15) is 0 Å². The summed E-state index contributed by atoms with van der Waals surface area (Å²) in [6.07, 6.45) is 2.41. The predicted molar refractivity (Wildman–Crippen MR) is 75.1 cm³/mol. The van der Waals surface area contributed by atoms with E-state index in [0.29, 0.717) is 6.04 Å². The summed E-state index contributed by atoms with van der Waals surface area (Å²) in [7, 11) is 1.90. The number of nitrogens with one attached hydrogen (secondary N) is 1. The van der Waals surface area contributed by atoms with Crippen LogP contribution in [0, 0.1) is 12.3 Å². The van der Waals surface area contributed by atoms with Crippen LogP contribution in [0.3, 0.4) is 0 Å². The van der Waals surface area contributed by atoms with Crippen molar-refractivity contribution >= 4 is 16.7 Å². The lowest BCUT2D eigenvalue weighted by Crippen LogP contribution is -2.56. The van der Waals surface area contributed by atoms with Crippen LogP contribution in [0.4, 0.5) is 5.69 Å². The highest BCUT2D eigenvalue weighted by Crippen LogP contribution is 2.42. The van der Waals surface area contributed by atoms with Gasteiger partial charge in [-0.1, -0.05) is 13.8 Å². The van der Waals surface area contributed by atoms with E-state index < -0.39 is 0 Å². The summed E-state index contributed by atoms with van der Waals surface area (Å²) in [5, 5.41) is 18.7. The molecule has 0 bridgehead atoms. The Bertz CT molecular complexity index is 632. The molecule has 1 fully saturated rings. The first-order valence-corrected chi connectivity index (χ1v) is 6.63. The maximum Gasteiger partial charge on any atom is 0.157 e. The maximum absolute atomic E-state index is 9.77. The number of anilines is 1. The first-order chi connectivity index (χ1) is 8.89. The molecule has 19 heavy (non-hydrogen) atoms. The van der Waals surface area contributed by atoms with Crippen LogP contribution in [0.5, 0.6) is 0 Å². The van der Waals surface area contributed by atoms with E-state index >= 15 is 0 Å². The Morgan fingerprint density at radius 1 is 1.47 bits per heavy atom. The molecule has 0 radical (unpaired) electrons. The summed E-state index contributed by atoms with van der Waals surface area (Å²) < 4.78 is 1.80. The molecular weight excluding hydrogens is 240 g/mol. The van der Waals surface area contributed by atoms with Gasteiger partial charge in [-0.3, -0.25) is 4.68 Å². The van der Waals surface area contributed by atoms with Crippen molar-refractivity contribution in [2.75, 3.05) is 5.32 Å². The zero-order valence-corrected chi connectivity index (χ0v) is 11.8. The average Bonchev–Trinajstić information content (AvgIpc) is 2.64. The average molecular weight is 260 g/mol. The van der Waals surface area contributed by atoms with Crippen LogP contribution in [0.15, 0.2) is 12.3 Å². The van der Waals surface area contributed by atoms with Crippen LogP contribution in [-0.4, -0.2) is 32.0 Å². The van der Waals surface area contributed by atoms with Gasteiger partial charge < -0.3 is 10.4 Å². The van der Waals surface area contributed by atoms with Gasteiger partial charge in [0.15, 0.2) is 5.65 Å². The Balaban J connectivity index is 1.88. The molecule has 5 heteroatoms. The van der Waals surface area contributed by atoms with Crippen LogP contribution in [0.1, 0.15) is 26.0 Å². The van der Waals surface area contributed by atoms with Gasteiger partial charge in [0.25, 0.3) is 0 Å². The van der Waals surface area contributed by atoms with E-state index in [2.05, 4.69) is 35.3 Å². The molecule has 2 atom stereocenters. The standard InChI is InChI=1S/C14H20N4O/c1-8-10-5-9(7-15-13(10)18(4)17-8)16-11-6-12(19)14(11,2)3/h5,7,11-12,16,19H,6H2,1-4H3. The molecule has 2 aromatic heterocycles. The van der Waals surface area contributed by atoms with Gasteiger partial charge in [-0.2, -0.15) is 5.10 Å². The SMILES string of the molecule is Cc1nn(C)c2ncc(NC3CC(O)C3(C)C)cc12. The van der Waals surface area contributed by atoms with Crippen molar-refractivity contribution in [2.24, 2.45) is 12.5 Å². The first kappa shape index (κ1) is 12.4. The summed E-state index contributed by atoms with van der Waals surface area (Å²) in [6.45, 7) is 6.16. The van der Waals surface area contributed by atoms with Crippen LogP contribution < -0.4 is 5.32 Å². The maximum atomic E-state index is 9.77. The number of nitrogens with zero attached hydrogens (tertiary/aromatic N) is 3. The van der Waals surface area contributed by atoms with Crippen molar-refractivity contribution in [3.8, 4) is 0 Å². The van der Waals surface area contributed by atoms with Crippen LogP contribution in [0.25, 0.3) is 11.0 Å².